The largest absolute Gasteiger partial charge is 0.211 e. The molecule has 0 fully saturated rings. The Morgan fingerprint density at radius 3 is 2.11 bits per heavy atom. The Morgan fingerprint density at radius 1 is 1.00 bits per heavy atom. The van der Waals surface area contributed by atoms with Crippen molar-refractivity contribution >= 4 is 16.3 Å². The van der Waals surface area contributed by atoms with Gasteiger partial charge >= 0.3 is 0 Å². The second-order valence-corrected chi connectivity index (χ2v) is 3.77. The number of hydrogen-bond acceptors (Lipinski definition) is 0. The highest BCUT2D eigenvalue weighted by Crippen LogP contribution is 2.05. The molecule has 0 saturated heterocycles. The summed E-state index contributed by atoms with van der Waals surface area (Å²) >= 11 is 1.41. The second-order valence-electron chi connectivity index (χ2n) is 2.77. The van der Waals surface area contributed by atoms with Gasteiger partial charge in [0.25, 0.3) is 0 Å². The van der Waals surface area contributed by atoms with Gasteiger partial charge in [-0.15, -0.1) is 5.28 Å². The molecule has 0 amide bonds. The van der Waals surface area contributed by atoms with E-state index >= 15 is 0 Å². The normalized spacial score (nSPS) is 9.89. The summed E-state index contributed by atoms with van der Waals surface area (Å²) in [5, 5.41) is 1.51. The molecule has 0 N–H and O–H groups in total. The van der Waals surface area contributed by atoms with Crippen LogP contribution in [-0.2, 0) is 0 Å². The Balaban J connectivity index is -0.000000320. The molecule has 0 nitrogen and oxygen atoms in total. The summed E-state index contributed by atoms with van der Waals surface area (Å²) in [4.78, 5) is 0. The first-order valence-electron chi connectivity index (χ1n) is 4.41. The SMILES string of the molecule is CCCCCCC[CH2][AlH2].[HH].[HH]. The zero-order chi connectivity index (χ0) is 6.95. The fourth-order valence-corrected chi connectivity index (χ4v) is 1.53. The van der Waals surface area contributed by atoms with Crippen LogP contribution in [0, 0.1) is 0 Å². The van der Waals surface area contributed by atoms with Crippen LogP contribution in [0.4, 0.5) is 0 Å². The Kier molecular flexibility index (Phi) is 9.04. The monoisotopic (exact) mass is 146 g/mol. The summed E-state index contributed by atoms with van der Waals surface area (Å²) in [5.74, 6) is 0. The van der Waals surface area contributed by atoms with Gasteiger partial charge in [-0.05, 0) is 0 Å². The highest BCUT2D eigenvalue weighted by atomic mass is 27.0. The molecule has 0 rings (SSSR count). The third kappa shape index (κ3) is 8.53. The average Bonchev–Trinajstić information content (AvgIpc) is 1.89. The lowest BCUT2D eigenvalue weighted by molar-refractivity contribution is 0.624. The van der Waals surface area contributed by atoms with Gasteiger partial charge in [0.2, 0.25) is 16.3 Å². The van der Waals surface area contributed by atoms with E-state index in [4.69, 9.17) is 0 Å². The Labute approximate surface area is 70.4 Å². The third-order valence-corrected chi connectivity index (χ3v) is 2.41. The third-order valence-electron chi connectivity index (χ3n) is 1.71. The van der Waals surface area contributed by atoms with E-state index in [1.807, 2.05) is 0 Å². The van der Waals surface area contributed by atoms with E-state index in [1.54, 1.807) is 0 Å². The van der Waals surface area contributed by atoms with Crippen LogP contribution in [0.15, 0.2) is 0 Å². The number of unbranched alkanes of at least 4 members (excludes halogenated alkanes) is 5. The second kappa shape index (κ2) is 8.53. The average molecular weight is 146 g/mol. The predicted molar refractivity (Wildman–Crippen MR) is 51.0 cm³/mol. The topological polar surface area (TPSA) is 0 Å². The molecule has 0 aliphatic rings. The summed E-state index contributed by atoms with van der Waals surface area (Å²) in [6.07, 6.45) is 8.76. The molecular weight excluding hydrogens is 123 g/mol. The molecule has 0 radical (unpaired) electrons. The van der Waals surface area contributed by atoms with Gasteiger partial charge in [-0.1, -0.05) is 45.4 Å². The van der Waals surface area contributed by atoms with Crippen molar-refractivity contribution in [3.05, 3.63) is 0 Å². The summed E-state index contributed by atoms with van der Waals surface area (Å²) in [6.45, 7) is 2.27. The summed E-state index contributed by atoms with van der Waals surface area (Å²) < 4.78 is 0. The van der Waals surface area contributed by atoms with Gasteiger partial charge in [-0.25, -0.2) is 0 Å². The number of rotatable bonds is 6. The molecule has 0 atom stereocenters. The molecule has 0 aromatic heterocycles. The van der Waals surface area contributed by atoms with Crippen molar-refractivity contribution in [1.29, 1.82) is 0 Å². The first kappa shape index (κ1) is 9.53. The fraction of sp³-hybridized carbons (Fsp3) is 1.00. The van der Waals surface area contributed by atoms with Crippen molar-refractivity contribution in [2.45, 2.75) is 50.7 Å². The molecule has 0 aliphatic heterocycles. The molecule has 0 spiro atoms. The summed E-state index contributed by atoms with van der Waals surface area (Å²) in [6, 6.07) is 0. The van der Waals surface area contributed by atoms with Gasteiger partial charge in [0.15, 0.2) is 0 Å². The van der Waals surface area contributed by atoms with Crippen molar-refractivity contribution in [2.24, 2.45) is 0 Å². The van der Waals surface area contributed by atoms with Crippen molar-refractivity contribution in [1.82, 2.24) is 0 Å². The Morgan fingerprint density at radius 2 is 1.56 bits per heavy atom. The van der Waals surface area contributed by atoms with Gasteiger partial charge in [0.1, 0.15) is 0 Å². The van der Waals surface area contributed by atoms with Crippen LogP contribution in [0.3, 0.4) is 0 Å². The van der Waals surface area contributed by atoms with Gasteiger partial charge < -0.3 is 0 Å². The van der Waals surface area contributed by atoms with Gasteiger partial charge in [0, 0.05) is 2.85 Å². The van der Waals surface area contributed by atoms with Crippen LogP contribution in [-0.4, -0.2) is 16.3 Å². The van der Waals surface area contributed by atoms with E-state index in [0.29, 0.717) is 0 Å². The van der Waals surface area contributed by atoms with Crippen molar-refractivity contribution in [2.75, 3.05) is 0 Å². The van der Waals surface area contributed by atoms with Crippen LogP contribution >= 0.6 is 0 Å². The van der Waals surface area contributed by atoms with Crippen LogP contribution < -0.4 is 0 Å². The standard InChI is InChI=1S/C8H17.Al.2H2.2H/c1-3-5-7-8-6-4-2;;;;;/h1,3-8H2,2H3;;2*1H;;. The van der Waals surface area contributed by atoms with E-state index in [-0.39, 0.29) is 2.85 Å². The first-order valence-corrected chi connectivity index (χ1v) is 5.83. The van der Waals surface area contributed by atoms with E-state index in [0.717, 1.165) is 0 Å². The lowest BCUT2D eigenvalue weighted by Crippen LogP contribution is -1.77. The Bertz CT molecular complexity index is 45.4. The molecular formula is C8H23Al. The maximum atomic E-state index is 2.27. The van der Waals surface area contributed by atoms with Crippen molar-refractivity contribution in [3.8, 4) is 0 Å². The van der Waals surface area contributed by atoms with Gasteiger partial charge in [-0.3, -0.25) is 0 Å². The molecule has 0 unspecified atom stereocenters. The summed E-state index contributed by atoms with van der Waals surface area (Å²) in [5.41, 5.74) is 0. The van der Waals surface area contributed by atoms with Crippen LogP contribution in [0.25, 0.3) is 0 Å². The lowest BCUT2D eigenvalue weighted by Gasteiger charge is -1.96. The molecule has 0 aromatic rings. The molecule has 0 aromatic carbocycles. The molecule has 58 valence electrons. The van der Waals surface area contributed by atoms with Gasteiger partial charge in [-0.2, -0.15) is 0 Å². The molecule has 1 heteroatoms. The van der Waals surface area contributed by atoms with Crippen LogP contribution in [0.1, 0.15) is 48.3 Å². The smallest absolute Gasteiger partial charge is 0.101 e. The minimum atomic E-state index is 0. The minimum Gasteiger partial charge on any atom is -0.101 e. The zero-order valence-electron chi connectivity index (χ0n) is 6.95. The minimum absolute atomic E-state index is 0. The summed E-state index contributed by atoms with van der Waals surface area (Å²) in [7, 11) is 0. The molecule has 0 aliphatic carbocycles. The molecule has 9 heavy (non-hydrogen) atoms. The maximum Gasteiger partial charge on any atom is 0.211 e. The lowest BCUT2D eigenvalue weighted by atomic mass is 10.1. The van der Waals surface area contributed by atoms with E-state index in [1.165, 1.54) is 60.1 Å². The van der Waals surface area contributed by atoms with E-state index in [9.17, 15) is 0 Å². The zero-order valence-corrected chi connectivity index (χ0v) is 8.95. The van der Waals surface area contributed by atoms with Crippen molar-refractivity contribution < 1.29 is 2.85 Å². The van der Waals surface area contributed by atoms with Gasteiger partial charge in [0.05, 0.1) is 0 Å². The van der Waals surface area contributed by atoms with E-state index in [2.05, 4.69) is 6.92 Å². The Hall–Kier alpha value is 0.532. The van der Waals surface area contributed by atoms with E-state index < -0.39 is 0 Å². The highest BCUT2D eigenvalue weighted by Gasteiger charge is 1.85. The number of hydrogen-bond donors (Lipinski definition) is 0. The van der Waals surface area contributed by atoms with Crippen LogP contribution in [0.2, 0.25) is 5.28 Å². The molecule has 0 saturated carbocycles. The first-order chi connectivity index (χ1) is 4.41. The molecule has 0 bridgehead atoms. The predicted octanol–water partition coefficient (Wildman–Crippen LogP) is 2.89. The highest BCUT2D eigenvalue weighted by molar-refractivity contribution is 6.08. The van der Waals surface area contributed by atoms with Crippen molar-refractivity contribution in [3.63, 3.8) is 0 Å². The van der Waals surface area contributed by atoms with Crippen LogP contribution in [0.5, 0.6) is 0 Å². The quantitative estimate of drug-likeness (QED) is 0.399. The maximum absolute atomic E-state index is 2.27. The fourth-order valence-electron chi connectivity index (χ4n) is 1.03. The molecule has 0 heterocycles.